The van der Waals surface area contributed by atoms with Crippen molar-refractivity contribution in [3.63, 3.8) is 0 Å². The number of nitrogen functional groups attached to an aromatic ring is 1. The number of hydrogen-bond donors (Lipinski definition) is 2. The van der Waals surface area contributed by atoms with E-state index >= 15 is 0 Å². The van der Waals surface area contributed by atoms with E-state index in [1.165, 1.54) is 20.9 Å². The number of nitrogens with one attached hydrogen (secondary N) is 1. The van der Waals surface area contributed by atoms with Crippen molar-refractivity contribution in [3.05, 3.63) is 83.0 Å². The molecule has 0 aliphatic rings. The Morgan fingerprint density at radius 2 is 1.88 bits per heavy atom. The van der Waals surface area contributed by atoms with Crippen LogP contribution in [0.5, 0.6) is 0 Å². The smallest absolute Gasteiger partial charge is 0.255 e. The number of benzene rings is 2. The van der Waals surface area contributed by atoms with Gasteiger partial charge < -0.3 is 11.1 Å². The largest absolute Gasteiger partial charge is 0.383 e. The number of rotatable bonds is 5. The number of amides is 1. The summed E-state index contributed by atoms with van der Waals surface area (Å²) in [5, 5.41) is 2.87. The van der Waals surface area contributed by atoms with Crippen LogP contribution in [0.2, 0.25) is 0 Å². The third kappa shape index (κ3) is 4.43. The zero-order valence-corrected chi connectivity index (χ0v) is 15.6. The standard InChI is InChI=1S/C21H21N3OS/c1-14-5-10-19(15(2)12-14)26-17-8-6-16(7-9-17)13-24-21(25)18-4-3-11-23-20(18)22/h3-12H,13H2,1-2H3,(H2,22,23)(H,24,25). The Labute approximate surface area is 157 Å². The molecular formula is C21H21N3OS. The molecule has 0 radical (unpaired) electrons. The van der Waals surface area contributed by atoms with Crippen molar-refractivity contribution >= 4 is 23.5 Å². The Morgan fingerprint density at radius 3 is 2.58 bits per heavy atom. The molecular weight excluding hydrogens is 342 g/mol. The van der Waals surface area contributed by atoms with Crippen LogP contribution in [0.1, 0.15) is 27.0 Å². The van der Waals surface area contributed by atoms with Crippen molar-refractivity contribution < 1.29 is 4.79 Å². The number of anilines is 1. The summed E-state index contributed by atoms with van der Waals surface area (Å²) in [6, 6.07) is 18.0. The number of pyridine rings is 1. The average molecular weight is 363 g/mol. The van der Waals surface area contributed by atoms with Gasteiger partial charge in [0.05, 0.1) is 5.56 Å². The highest BCUT2D eigenvalue weighted by molar-refractivity contribution is 7.99. The van der Waals surface area contributed by atoms with E-state index in [0.29, 0.717) is 12.1 Å². The quantitative estimate of drug-likeness (QED) is 0.707. The zero-order valence-electron chi connectivity index (χ0n) is 14.8. The molecule has 132 valence electrons. The van der Waals surface area contributed by atoms with Crippen molar-refractivity contribution in [2.45, 2.75) is 30.2 Å². The van der Waals surface area contributed by atoms with Gasteiger partial charge in [0.15, 0.2) is 0 Å². The van der Waals surface area contributed by atoms with Crippen LogP contribution in [0.25, 0.3) is 0 Å². The van der Waals surface area contributed by atoms with E-state index < -0.39 is 0 Å². The lowest BCUT2D eigenvalue weighted by molar-refractivity contribution is 0.0951. The Kier molecular flexibility index (Phi) is 5.58. The molecule has 3 rings (SSSR count). The molecule has 1 amide bonds. The highest BCUT2D eigenvalue weighted by Gasteiger charge is 2.09. The number of aromatic nitrogens is 1. The maximum Gasteiger partial charge on any atom is 0.255 e. The Hall–Kier alpha value is -2.79. The lowest BCUT2D eigenvalue weighted by Crippen LogP contribution is -2.24. The molecule has 1 heterocycles. The van der Waals surface area contributed by atoms with Crippen LogP contribution in [0.4, 0.5) is 5.82 Å². The fourth-order valence-corrected chi connectivity index (χ4v) is 3.49. The molecule has 2 aromatic carbocycles. The lowest BCUT2D eigenvalue weighted by atomic mass is 10.2. The monoisotopic (exact) mass is 363 g/mol. The number of nitrogens with two attached hydrogens (primary N) is 1. The summed E-state index contributed by atoms with van der Waals surface area (Å²) < 4.78 is 0. The van der Waals surface area contributed by atoms with Gasteiger partial charge in [-0.25, -0.2) is 4.98 Å². The maximum atomic E-state index is 12.2. The minimum absolute atomic E-state index is 0.218. The molecule has 26 heavy (non-hydrogen) atoms. The van der Waals surface area contributed by atoms with E-state index in [2.05, 4.69) is 54.5 Å². The SMILES string of the molecule is Cc1ccc(Sc2ccc(CNC(=O)c3cccnc3N)cc2)c(C)c1. The summed E-state index contributed by atoms with van der Waals surface area (Å²) >= 11 is 1.74. The average Bonchev–Trinajstić information content (AvgIpc) is 2.63. The van der Waals surface area contributed by atoms with Crippen LogP contribution in [-0.4, -0.2) is 10.9 Å². The van der Waals surface area contributed by atoms with Crippen LogP contribution in [0, 0.1) is 13.8 Å². The summed E-state index contributed by atoms with van der Waals surface area (Å²) in [5.41, 5.74) is 9.71. The lowest BCUT2D eigenvalue weighted by Gasteiger charge is -2.09. The van der Waals surface area contributed by atoms with Crippen LogP contribution < -0.4 is 11.1 Å². The number of carbonyl (C=O) groups excluding carboxylic acids is 1. The minimum Gasteiger partial charge on any atom is -0.383 e. The number of carbonyl (C=O) groups is 1. The summed E-state index contributed by atoms with van der Waals surface area (Å²) in [4.78, 5) is 18.5. The van der Waals surface area contributed by atoms with E-state index in [0.717, 1.165) is 5.56 Å². The molecule has 4 nitrogen and oxygen atoms in total. The second kappa shape index (κ2) is 8.06. The van der Waals surface area contributed by atoms with Crippen molar-refractivity contribution in [3.8, 4) is 0 Å². The van der Waals surface area contributed by atoms with Crippen LogP contribution in [0.15, 0.2) is 70.6 Å². The van der Waals surface area contributed by atoms with E-state index in [-0.39, 0.29) is 11.7 Å². The van der Waals surface area contributed by atoms with Crippen LogP contribution in [0.3, 0.4) is 0 Å². The molecule has 1 aromatic heterocycles. The molecule has 0 saturated carbocycles. The Balaban J connectivity index is 1.61. The van der Waals surface area contributed by atoms with Crippen molar-refractivity contribution in [1.82, 2.24) is 10.3 Å². The minimum atomic E-state index is -0.218. The molecule has 0 fully saturated rings. The van der Waals surface area contributed by atoms with E-state index in [1.807, 2.05) is 12.1 Å². The second-order valence-electron chi connectivity index (χ2n) is 6.13. The molecule has 0 atom stereocenters. The summed E-state index contributed by atoms with van der Waals surface area (Å²) in [6.45, 7) is 4.68. The highest BCUT2D eigenvalue weighted by atomic mass is 32.2. The first kappa shape index (κ1) is 18.0. The fourth-order valence-electron chi connectivity index (χ4n) is 2.60. The predicted octanol–water partition coefficient (Wildman–Crippen LogP) is 4.36. The van der Waals surface area contributed by atoms with E-state index in [4.69, 9.17) is 5.73 Å². The molecule has 5 heteroatoms. The summed E-state index contributed by atoms with van der Waals surface area (Å²) in [5.74, 6) is 0.0227. The number of hydrogen-bond acceptors (Lipinski definition) is 4. The molecule has 0 unspecified atom stereocenters. The van der Waals surface area contributed by atoms with Crippen molar-refractivity contribution in [2.24, 2.45) is 0 Å². The van der Waals surface area contributed by atoms with Gasteiger partial charge in [0.2, 0.25) is 0 Å². The van der Waals surface area contributed by atoms with Gasteiger partial charge in [-0.2, -0.15) is 0 Å². The summed E-state index contributed by atoms with van der Waals surface area (Å²) in [7, 11) is 0. The molecule has 0 aliphatic heterocycles. The first-order valence-corrected chi connectivity index (χ1v) is 9.17. The van der Waals surface area contributed by atoms with E-state index in [1.54, 1.807) is 30.1 Å². The highest BCUT2D eigenvalue weighted by Crippen LogP contribution is 2.30. The molecule has 3 aromatic rings. The van der Waals surface area contributed by atoms with Crippen molar-refractivity contribution in [2.75, 3.05) is 5.73 Å². The van der Waals surface area contributed by atoms with E-state index in [9.17, 15) is 4.79 Å². The first-order chi connectivity index (χ1) is 12.5. The van der Waals surface area contributed by atoms with Crippen molar-refractivity contribution in [1.29, 1.82) is 0 Å². The van der Waals surface area contributed by atoms with Gasteiger partial charge in [-0.05, 0) is 55.3 Å². The zero-order chi connectivity index (χ0) is 18.5. The van der Waals surface area contributed by atoms with Gasteiger partial charge in [-0.1, -0.05) is 41.6 Å². The number of nitrogens with zero attached hydrogens (tertiary/aromatic N) is 1. The molecule has 0 spiro atoms. The third-order valence-electron chi connectivity index (χ3n) is 4.02. The van der Waals surface area contributed by atoms with Crippen LogP contribution in [-0.2, 0) is 6.54 Å². The van der Waals surface area contributed by atoms with Gasteiger partial charge in [0, 0.05) is 22.5 Å². The normalized spacial score (nSPS) is 10.5. The fraction of sp³-hybridized carbons (Fsp3) is 0.143. The van der Waals surface area contributed by atoms with Gasteiger partial charge in [-0.15, -0.1) is 0 Å². The molecule has 0 aliphatic carbocycles. The number of aryl methyl sites for hydroxylation is 2. The predicted molar refractivity (Wildman–Crippen MR) is 106 cm³/mol. The van der Waals surface area contributed by atoms with Gasteiger partial charge >= 0.3 is 0 Å². The van der Waals surface area contributed by atoms with Gasteiger partial charge in [-0.3, -0.25) is 4.79 Å². The molecule has 0 bridgehead atoms. The molecule has 3 N–H and O–H groups in total. The molecule has 0 saturated heterocycles. The Morgan fingerprint density at radius 1 is 1.12 bits per heavy atom. The third-order valence-corrected chi connectivity index (χ3v) is 5.20. The Bertz CT molecular complexity index is 923. The summed E-state index contributed by atoms with van der Waals surface area (Å²) in [6.07, 6.45) is 1.57. The van der Waals surface area contributed by atoms with Crippen LogP contribution >= 0.6 is 11.8 Å². The van der Waals surface area contributed by atoms with Gasteiger partial charge in [0.25, 0.3) is 5.91 Å². The topological polar surface area (TPSA) is 68.0 Å². The first-order valence-electron chi connectivity index (χ1n) is 8.35. The maximum absolute atomic E-state index is 12.2. The second-order valence-corrected chi connectivity index (χ2v) is 7.25. The van der Waals surface area contributed by atoms with Gasteiger partial charge in [0.1, 0.15) is 5.82 Å².